The van der Waals surface area contributed by atoms with Crippen molar-refractivity contribution < 1.29 is 0 Å². The first-order chi connectivity index (χ1) is 7.75. The fraction of sp³-hybridized carbons (Fsp3) is 0.167. The predicted octanol–water partition coefficient (Wildman–Crippen LogP) is 1.70. The minimum atomic E-state index is 0.720. The Labute approximate surface area is 94.8 Å². The lowest BCUT2D eigenvalue weighted by Gasteiger charge is -2.17. The Morgan fingerprint density at radius 1 is 1.19 bits per heavy atom. The molecule has 2 rings (SSSR count). The minimum absolute atomic E-state index is 0.720. The molecule has 0 saturated heterocycles. The molecule has 0 fully saturated rings. The van der Waals surface area contributed by atoms with Gasteiger partial charge in [0.25, 0.3) is 0 Å². The monoisotopic (exact) mass is 214 g/mol. The van der Waals surface area contributed by atoms with Crippen LogP contribution in [0.1, 0.15) is 5.69 Å². The van der Waals surface area contributed by atoms with E-state index in [0.29, 0.717) is 0 Å². The summed E-state index contributed by atoms with van der Waals surface area (Å²) in [6.45, 7) is 0.720. The van der Waals surface area contributed by atoms with Crippen LogP contribution in [0.25, 0.3) is 0 Å². The zero-order chi connectivity index (χ0) is 11.4. The van der Waals surface area contributed by atoms with E-state index >= 15 is 0 Å². The second-order valence-corrected chi connectivity index (χ2v) is 3.62. The molecule has 4 heteroatoms. The van der Waals surface area contributed by atoms with E-state index < -0.39 is 0 Å². The third-order valence-corrected chi connectivity index (χ3v) is 2.29. The van der Waals surface area contributed by atoms with E-state index in [2.05, 4.69) is 9.97 Å². The zero-order valence-corrected chi connectivity index (χ0v) is 9.17. The standard InChI is InChI=1S/C12H14N4/c1-16(9-11-4-2-3-6-14-11)12-8-10(13)5-7-15-12/h2-8H,9H2,1H3,(H2,13,15). The highest BCUT2D eigenvalue weighted by Crippen LogP contribution is 2.14. The number of hydrogen-bond acceptors (Lipinski definition) is 4. The molecule has 0 aromatic carbocycles. The van der Waals surface area contributed by atoms with Gasteiger partial charge >= 0.3 is 0 Å². The number of aromatic nitrogens is 2. The van der Waals surface area contributed by atoms with Gasteiger partial charge in [0, 0.05) is 31.2 Å². The Balaban J connectivity index is 2.12. The van der Waals surface area contributed by atoms with Gasteiger partial charge in [-0.25, -0.2) is 4.98 Å². The molecule has 0 saturated carbocycles. The Morgan fingerprint density at radius 2 is 2.06 bits per heavy atom. The van der Waals surface area contributed by atoms with E-state index in [1.54, 1.807) is 18.5 Å². The molecule has 16 heavy (non-hydrogen) atoms. The summed E-state index contributed by atoms with van der Waals surface area (Å²) in [6, 6.07) is 9.50. The Bertz CT molecular complexity index is 456. The van der Waals surface area contributed by atoms with Crippen LogP contribution in [0.3, 0.4) is 0 Å². The third kappa shape index (κ3) is 2.48. The van der Waals surface area contributed by atoms with Gasteiger partial charge in [0.15, 0.2) is 0 Å². The smallest absolute Gasteiger partial charge is 0.130 e. The van der Waals surface area contributed by atoms with Gasteiger partial charge in [0.05, 0.1) is 12.2 Å². The molecular weight excluding hydrogens is 200 g/mol. The summed E-state index contributed by atoms with van der Waals surface area (Å²) in [5.41, 5.74) is 7.44. The van der Waals surface area contributed by atoms with Crippen molar-refractivity contribution in [3.05, 3.63) is 48.4 Å². The van der Waals surface area contributed by atoms with Crippen LogP contribution in [0, 0.1) is 0 Å². The van der Waals surface area contributed by atoms with Crippen molar-refractivity contribution in [2.45, 2.75) is 6.54 Å². The lowest BCUT2D eigenvalue weighted by Crippen LogP contribution is -2.18. The zero-order valence-electron chi connectivity index (χ0n) is 9.17. The Hall–Kier alpha value is -2.10. The summed E-state index contributed by atoms with van der Waals surface area (Å²) in [6.07, 6.45) is 3.50. The maximum absolute atomic E-state index is 5.71. The number of nitrogens with zero attached hydrogens (tertiary/aromatic N) is 3. The molecule has 2 N–H and O–H groups in total. The average Bonchev–Trinajstić information content (AvgIpc) is 2.30. The topological polar surface area (TPSA) is 55.0 Å². The van der Waals surface area contributed by atoms with Crippen LogP contribution in [0.4, 0.5) is 11.5 Å². The predicted molar refractivity (Wildman–Crippen MR) is 65.0 cm³/mol. The van der Waals surface area contributed by atoms with Crippen LogP contribution in [0.2, 0.25) is 0 Å². The quantitative estimate of drug-likeness (QED) is 0.844. The molecular formula is C12H14N4. The second-order valence-electron chi connectivity index (χ2n) is 3.62. The van der Waals surface area contributed by atoms with Crippen molar-refractivity contribution >= 4 is 11.5 Å². The fourth-order valence-electron chi connectivity index (χ4n) is 1.46. The molecule has 0 aliphatic rings. The highest BCUT2D eigenvalue weighted by molar-refractivity contribution is 5.49. The van der Waals surface area contributed by atoms with Gasteiger partial charge in [-0.3, -0.25) is 4.98 Å². The maximum atomic E-state index is 5.71. The number of nitrogen functional groups attached to an aromatic ring is 1. The molecule has 0 spiro atoms. The van der Waals surface area contributed by atoms with Crippen LogP contribution in [-0.2, 0) is 6.54 Å². The summed E-state index contributed by atoms with van der Waals surface area (Å²) in [4.78, 5) is 10.5. The van der Waals surface area contributed by atoms with Crippen molar-refractivity contribution in [1.82, 2.24) is 9.97 Å². The fourth-order valence-corrected chi connectivity index (χ4v) is 1.46. The van der Waals surface area contributed by atoms with Crippen LogP contribution >= 0.6 is 0 Å². The summed E-state index contributed by atoms with van der Waals surface area (Å²) in [7, 11) is 1.97. The van der Waals surface area contributed by atoms with Crippen LogP contribution in [-0.4, -0.2) is 17.0 Å². The van der Waals surface area contributed by atoms with Gasteiger partial charge in [-0.15, -0.1) is 0 Å². The van der Waals surface area contributed by atoms with Crippen molar-refractivity contribution in [3.63, 3.8) is 0 Å². The van der Waals surface area contributed by atoms with E-state index in [9.17, 15) is 0 Å². The number of rotatable bonds is 3. The molecule has 0 aliphatic carbocycles. The normalized spacial score (nSPS) is 10.1. The van der Waals surface area contributed by atoms with Gasteiger partial charge < -0.3 is 10.6 Å². The Morgan fingerprint density at radius 3 is 2.75 bits per heavy atom. The first-order valence-corrected chi connectivity index (χ1v) is 5.08. The van der Waals surface area contributed by atoms with Crippen LogP contribution in [0.5, 0.6) is 0 Å². The number of hydrogen-bond donors (Lipinski definition) is 1. The van der Waals surface area contributed by atoms with Crippen molar-refractivity contribution in [3.8, 4) is 0 Å². The third-order valence-electron chi connectivity index (χ3n) is 2.29. The minimum Gasteiger partial charge on any atom is -0.399 e. The molecule has 82 valence electrons. The first kappa shape index (κ1) is 10.4. The molecule has 0 atom stereocenters. The molecule has 4 nitrogen and oxygen atoms in total. The lowest BCUT2D eigenvalue weighted by atomic mass is 10.3. The molecule has 0 unspecified atom stereocenters. The molecule has 0 aliphatic heterocycles. The molecule has 2 aromatic rings. The largest absolute Gasteiger partial charge is 0.399 e. The SMILES string of the molecule is CN(Cc1ccccn1)c1cc(N)ccn1. The van der Waals surface area contributed by atoms with Crippen molar-refractivity contribution in [2.75, 3.05) is 17.7 Å². The van der Waals surface area contributed by atoms with Gasteiger partial charge in [-0.2, -0.15) is 0 Å². The molecule has 0 amide bonds. The lowest BCUT2D eigenvalue weighted by molar-refractivity contribution is 0.866. The van der Waals surface area contributed by atoms with E-state index in [0.717, 1.165) is 23.7 Å². The second kappa shape index (κ2) is 4.61. The van der Waals surface area contributed by atoms with Gasteiger partial charge in [-0.05, 0) is 18.2 Å². The molecule has 0 radical (unpaired) electrons. The van der Waals surface area contributed by atoms with Crippen LogP contribution in [0.15, 0.2) is 42.7 Å². The average molecular weight is 214 g/mol. The molecule has 0 bridgehead atoms. The van der Waals surface area contributed by atoms with Gasteiger partial charge in [0.2, 0.25) is 0 Å². The van der Waals surface area contributed by atoms with Crippen molar-refractivity contribution in [2.24, 2.45) is 0 Å². The molecule has 2 aromatic heterocycles. The number of pyridine rings is 2. The first-order valence-electron chi connectivity index (χ1n) is 5.08. The highest BCUT2D eigenvalue weighted by Gasteiger charge is 2.03. The van der Waals surface area contributed by atoms with Gasteiger partial charge in [-0.1, -0.05) is 6.07 Å². The Kier molecular flexibility index (Phi) is 3.00. The summed E-state index contributed by atoms with van der Waals surface area (Å²) in [5.74, 6) is 0.852. The van der Waals surface area contributed by atoms with Gasteiger partial charge in [0.1, 0.15) is 5.82 Å². The summed E-state index contributed by atoms with van der Waals surface area (Å²) >= 11 is 0. The number of nitrogens with two attached hydrogens (primary N) is 1. The van der Waals surface area contributed by atoms with E-state index in [-0.39, 0.29) is 0 Å². The van der Waals surface area contributed by atoms with Crippen LogP contribution < -0.4 is 10.6 Å². The van der Waals surface area contributed by atoms with Crippen molar-refractivity contribution in [1.29, 1.82) is 0 Å². The maximum Gasteiger partial charge on any atom is 0.130 e. The molecule has 2 heterocycles. The van der Waals surface area contributed by atoms with E-state index in [1.165, 1.54) is 0 Å². The summed E-state index contributed by atoms with van der Waals surface area (Å²) < 4.78 is 0. The number of anilines is 2. The summed E-state index contributed by atoms with van der Waals surface area (Å²) in [5, 5.41) is 0. The highest BCUT2D eigenvalue weighted by atomic mass is 15.2. The van der Waals surface area contributed by atoms with E-state index in [1.807, 2.05) is 36.2 Å². The van der Waals surface area contributed by atoms with E-state index in [4.69, 9.17) is 5.73 Å².